The number of nitro groups is 1. The summed E-state index contributed by atoms with van der Waals surface area (Å²) in [6, 6.07) is 5.53. The zero-order valence-corrected chi connectivity index (χ0v) is 8.60. The van der Waals surface area contributed by atoms with Crippen molar-refractivity contribution in [2.45, 2.75) is 13.3 Å². The highest BCUT2D eigenvalue weighted by Gasteiger charge is 2.09. The molecule has 0 unspecified atom stereocenters. The molecule has 0 saturated heterocycles. The van der Waals surface area contributed by atoms with Crippen molar-refractivity contribution in [1.82, 2.24) is 0 Å². The van der Waals surface area contributed by atoms with E-state index in [0.717, 1.165) is 0 Å². The third-order valence-electron chi connectivity index (χ3n) is 1.75. The lowest BCUT2D eigenvalue weighted by Gasteiger charge is -2.02. The van der Waals surface area contributed by atoms with E-state index in [2.05, 4.69) is 5.32 Å². The maximum atomic E-state index is 11.2. The van der Waals surface area contributed by atoms with Gasteiger partial charge in [-0.3, -0.25) is 19.7 Å². The number of ketones is 1. The van der Waals surface area contributed by atoms with Crippen molar-refractivity contribution in [2.75, 3.05) is 5.32 Å². The quantitative estimate of drug-likeness (QED) is 0.475. The molecule has 1 amide bonds. The van der Waals surface area contributed by atoms with Gasteiger partial charge in [0, 0.05) is 17.8 Å². The Hall–Kier alpha value is -2.24. The molecule has 1 N–H and O–H groups in total. The average Bonchev–Trinajstić information content (AvgIpc) is 2.16. The molecule has 84 valence electrons. The van der Waals surface area contributed by atoms with Gasteiger partial charge in [0.05, 0.1) is 11.3 Å². The zero-order chi connectivity index (χ0) is 12.1. The normalized spacial score (nSPS) is 9.56. The van der Waals surface area contributed by atoms with Crippen LogP contribution in [-0.2, 0) is 9.59 Å². The van der Waals surface area contributed by atoms with Gasteiger partial charge in [-0.2, -0.15) is 0 Å². The van der Waals surface area contributed by atoms with Gasteiger partial charge in [-0.25, -0.2) is 0 Å². The lowest BCUT2D eigenvalue weighted by molar-refractivity contribution is -0.384. The van der Waals surface area contributed by atoms with Crippen molar-refractivity contribution >= 4 is 23.1 Å². The molecule has 0 spiro atoms. The van der Waals surface area contributed by atoms with E-state index >= 15 is 0 Å². The summed E-state index contributed by atoms with van der Waals surface area (Å²) in [6.07, 6.45) is -0.233. The highest BCUT2D eigenvalue weighted by atomic mass is 16.6. The SMILES string of the molecule is CC(=O)CC(=O)Nc1cccc([N+](=O)[O-])c1. The molecule has 16 heavy (non-hydrogen) atoms. The van der Waals surface area contributed by atoms with Crippen LogP contribution in [0.3, 0.4) is 0 Å². The summed E-state index contributed by atoms with van der Waals surface area (Å²) < 4.78 is 0. The van der Waals surface area contributed by atoms with Crippen LogP contribution < -0.4 is 5.32 Å². The zero-order valence-electron chi connectivity index (χ0n) is 8.60. The molecular formula is C10H10N2O4. The van der Waals surface area contributed by atoms with Crippen LogP contribution in [-0.4, -0.2) is 16.6 Å². The molecule has 0 bridgehead atoms. The largest absolute Gasteiger partial charge is 0.325 e. The second kappa shape index (κ2) is 5.01. The first kappa shape index (κ1) is 11.8. The van der Waals surface area contributed by atoms with Crippen molar-refractivity contribution in [2.24, 2.45) is 0 Å². The van der Waals surface area contributed by atoms with E-state index in [1.54, 1.807) is 0 Å². The van der Waals surface area contributed by atoms with Gasteiger partial charge >= 0.3 is 0 Å². The number of rotatable bonds is 4. The minimum atomic E-state index is -0.555. The van der Waals surface area contributed by atoms with Crippen LogP contribution in [0, 0.1) is 10.1 Å². The number of hydrogen-bond donors (Lipinski definition) is 1. The number of anilines is 1. The maximum absolute atomic E-state index is 11.2. The van der Waals surface area contributed by atoms with E-state index in [-0.39, 0.29) is 17.9 Å². The predicted molar refractivity (Wildman–Crippen MR) is 57.0 cm³/mol. The number of carbonyl (C=O) groups is 2. The smallest absolute Gasteiger partial charge is 0.271 e. The van der Waals surface area contributed by atoms with Gasteiger partial charge in [0.2, 0.25) is 5.91 Å². The Bertz CT molecular complexity index is 442. The molecule has 6 heteroatoms. The summed E-state index contributed by atoms with van der Waals surface area (Å²) in [6.45, 7) is 1.30. The number of benzene rings is 1. The van der Waals surface area contributed by atoms with E-state index in [1.807, 2.05) is 0 Å². The first-order chi connectivity index (χ1) is 7.49. The van der Waals surface area contributed by atoms with Crippen LogP contribution >= 0.6 is 0 Å². The molecule has 1 rings (SSSR count). The van der Waals surface area contributed by atoms with Gasteiger partial charge in [0.25, 0.3) is 5.69 Å². The van der Waals surface area contributed by atoms with Crippen LogP contribution in [0.5, 0.6) is 0 Å². The summed E-state index contributed by atoms with van der Waals surface area (Å²) in [5, 5.41) is 12.9. The van der Waals surface area contributed by atoms with Crippen molar-refractivity contribution in [1.29, 1.82) is 0 Å². The number of nitrogens with zero attached hydrogens (tertiary/aromatic N) is 1. The van der Waals surface area contributed by atoms with Crippen molar-refractivity contribution < 1.29 is 14.5 Å². The standard InChI is InChI=1S/C10H10N2O4/c1-7(13)5-10(14)11-8-3-2-4-9(6-8)12(15)16/h2-4,6H,5H2,1H3,(H,11,14). The summed E-state index contributed by atoms with van der Waals surface area (Å²) in [4.78, 5) is 31.8. The van der Waals surface area contributed by atoms with Gasteiger partial charge in [-0.15, -0.1) is 0 Å². The van der Waals surface area contributed by atoms with E-state index in [0.29, 0.717) is 5.69 Å². The average molecular weight is 222 g/mol. The Morgan fingerprint density at radius 1 is 1.44 bits per heavy atom. The third kappa shape index (κ3) is 3.49. The third-order valence-corrected chi connectivity index (χ3v) is 1.75. The molecule has 0 aliphatic rings. The van der Waals surface area contributed by atoms with Crippen molar-refractivity contribution in [3.8, 4) is 0 Å². The highest BCUT2D eigenvalue weighted by molar-refractivity contribution is 6.03. The number of carbonyl (C=O) groups excluding carboxylic acids is 2. The van der Waals surface area contributed by atoms with Crippen molar-refractivity contribution in [3.05, 3.63) is 34.4 Å². The van der Waals surface area contributed by atoms with Gasteiger partial charge in [-0.05, 0) is 13.0 Å². The minimum Gasteiger partial charge on any atom is -0.325 e. The Morgan fingerprint density at radius 2 is 2.12 bits per heavy atom. The van der Waals surface area contributed by atoms with Gasteiger partial charge in [0.1, 0.15) is 5.78 Å². The summed E-state index contributed by atoms with van der Waals surface area (Å²) in [7, 11) is 0. The molecule has 0 radical (unpaired) electrons. The molecule has 1 aromatic carbocycles. The van der Waals surface area contributed by atoms with E-state index in [9.17, 15) is 19.7 Å². The molecule has 1 aromatic rings. The molecular weight excluding hydrogens is 212 g/mol. The second-order valence-electron chi connectivity index (χ2n) is 3.23. The van der Waals surface area contributed by atoms with Crippen LogP contribution in [0.2, 0.25) is 0 Å². The maximum Gasteiger partial charge on any atom is 0.271 e. The molecule has 0 heterocycles. The fourth-order valence-corrected chi connectivity index (χ4v) is 1.13. The first-order valence-electron chi connectivity index (χ1n) is 4.53. The summed E-state index contributed by atoms with van der Waals surface area (Å²) in [5.41, 5.74) is 0.195. The number of hydrogen-bond acceptors (Lipinski definition) is 4. The van der Waals surface area contributed by atoms with E-state index in [4.69, 9.17) is 0 Å². The molecule has 0 aromatic heterocycles. The Balaban J connectivity index is 2.74. The molecule has 0 aliphatic heterocycles. The van der Waals surface area contributed by atoms with Gasteiger partial charge < -0.3 is 5.32 Å². The molecule has 6 nitrogen and oxygen atoms in total. The predicted octanol–water partition coefficient (Wildman–Crippen LogP) is 1.51. The lowest BCUT2D eigenvalue weighted by Crippen LogP contribution is -2.14. The van der Waals surface area contributed by atoms with Crippen LogP contribution in [0.15, 0.2) is 24.3 Å². The fourth-order valence-electron chi connectivity index (χ4n) is 1.13. The van der Waals surface area contributed by atoms with Crippen LogP contribution in [0.1, 0.15) is 13.3 Å². The topological polar surface area (TPSA) is 89.3 Å². The molecule has 0 fully saturated rings. The second-order valence-corrected chi connectivity index (χ2v) is 3.23. The molecule has 0 saturated carbocycles. The minimum absolute atomic E-state index is 0.111. The van der Waals surface area contributed by atoms with Crippen LogP contribution in [0.25, 0.3) is 0 Å². The van der Waals surface area contributed by atoms with Crippen molar-refractivity contribution in [3.63, 3.8) is 0 Å². The number of nitrogens with one attached hydrogen (secondary N) is 1. The molecule has 0 aliphatic carbocycles. The fraction of sp³-hybridized carbons (Fsp3) is 0.200. The number of Topliss-reactive ketones (excluding diaryl/α,β-unsaturated/α-hetero) is 1. The van der Waals surface area contributed by atoms with E-state index < -0.39 is 10.8 Å². The van der Waals surface area contributed by atoms with E-state index in [1.165, 1.54) is 31.2 Å². The summed E-state index contributed by atoms with van der Waals surface area (Å²) in [5.74, 6) is -0.740. The lowest BCUT2D eigenvalue weighted by atomic mass is 10.2. The monoisotopic (exact) mass is 222 g/mol. The Kier molecular flexibility index (Phi) is 3.71. The Morgan fingerprint density at radius 3 is 2.69 bits per heavy atom. The first-order valence-corrected chi connectivity index (χ1v) is 4.53. The van der Waals surface area contributed by atoms with Crippen LogP contribution in [0.4, 0.5) is 11.4 Å². The number of non-ortho nitro benzene ring substituents is 1. The van der Waals surface area contributed by atoms with Gasteiger partial charge in [0.15, 0.2) is 0 Å². The number of amides is 1. The van der Waals surface area contributed by atoms with Gasteiger partial charge in [-0.1, -0.05) is 6.07 Å². The highest BCUT2D eigenvalue weighted by Crippen LogP contribution is 2.16. The Labute approximate surface area is 91.4 Å². The number of nitro benzene ring substituents is 1. The molecule has 0 atom stereocenters. The summed E-state index contributed by atoms with van der Waals surface area (Å²) >= 11 is 0.